The number of hydrogen-bond donors (Lipinski definition) is 0. The lowest BCUT2D eigenvalue weighted by Gasteiger charge is -2.12. The van der Waals surface area contributed by atoms with Gasteiger partial charge in [0.15, 0.2) is 5.82 Å². The lowest BCUT2D eigenvalue weighted by atomic mass is 10.0. The first kappa shape index (κ1) is 25.8. The summed E-state index contributed by atoms with van der Waals surface area (Å²) in [5, 5.41) is 4.19. The van der Waals surface area contributed by atoms with Crippen molar-refractivity contribution in [3.05, 3.63) is 95.8 Å². The molecule has 1 aromatic heterocycles. The van der Waals surface area contributed by atoms with E-state index in [2.05, 4.69) is 108 Å². The highest BCUT2D eigenvalue weighted by Gasteiger charge is 2.16. The minimum Gasteiger partial charge on any atom is -0.334 e. The van der Waals surface area contributed by atoms with Crippen LogP contribution in [0.1, 0.15) is 69.3 Å². The van der Waals surface area contributed by atoms with Gasteiger partial charge in [-0.25, -0.2) is 0 Å². The number of rotatable bonds is 14. The molecule has 0 N–H and O–H groups in total. The van der Waals surface area contributed by atoms with Gasteiger partial charge in [0.2, 0.25) is 0 Å². The summed E-state index contributed by atoms with van der Waals surface area (Å²) in [5.41, 5.74) is 6.13. The van der Waals surface area contributed by atoms with E-state index in [0.29, 0.717) is 5.89 Å². The van der Waals surface area contributed by atoms with Crippen LogP contribution >= 0.6 is 0 Å². The van der Waals surface area contributed by atoms with Crippen LogP contribution in [0.4, 0.5) is 0 Å². The standard InChI is InChI=1S/C32H39N3O/c1-3-5-6-7-8-12-18-31-33-32(36-34-31)29-21-19-26(20-22-29)24-35(4-2)25-27-14-13-17-30(23-27)28-15-10-9-11-16-28/h9-11,13-17,19-23H,3-8,12,18,24-25H2,1-2H3/q+1. The van der Waals surface area contributed by atoms with E-state index in [9.17, 15) is 0 Å². The van der Waals surface area contributed by atoms with Gasteiger partial charge in [0, 0.05) is 23.1 Å². The molecule has 0 spiro atoms. The highest BCUT2D eigenvalue weighted by atomic mass is 16.5. The number of benzene rings is 3. The van der Waals surface area contributed by atoms with Crippen molar-refractivity contribution in [2.45, 2.75) is 71.9 Å². The van der Waals surface area contributed by atoms with Gasteiger partial charge in [-0.15, -0.1) is 0 Å². The number of hydrogen-bond acceptors (Lipinski definition) is 4. The Bertz CT molecular complexity index is 1170. The molecule has 0 bridgehead atoms. The molecular weight excluding hydrogens is 442 g/mol. The van der Waals surface area contributed by atoms with Gasteiger partial charge < -0.3 is 4.52 Å². The van der Waals surface area contributed by atoms with Crippen LogP contribution in [-0.2, 0) is 19.5 Å². The first-order valence-corrected chi connectivity index (χ1v) is 13.5. The minimum atomic E-state index is 0.618. The number of nitrogens with zero attached hydrogens (tertiary/aromatic N) is 3. The first-order chi connectivity index (χ1) is 17.7. The largest absolute Gasteiger partial charge is 0.334 e. The fraction of sp³-hybridized carbons (Fsp3) is 0.375. The molecule has 0 aliphatic heterocycles. The quantitative estimate of drug-likeness (QED) is 0.135. The van der Waals surface area contributed by atoms with Gasteiger partial charge in [0.25, 0.3) is 5.89 Å². The summed E-state index contributed by atoms with van der Waals surface area (Å²) in [6.45, 7) is 7.28. The van der Waals surface area contributed by atoms with Crippen molar-refractivity contribution in [1.82, 2.24) is 15.0 Å². The Kier molecular flexibility index (Phi) is 9.87. The van der Waals surface area contributed by atoms with Crippen LogP contribution in [0.15, 0.2) is 83.4 Å². The molecule has 0 saturated heterocycles. The second-order valence-electron chi connectivity index (χ2n) is 9.60. The molecule has 0 aliphatic carbocycles. The molecule has 36 heavy (non-hydrogen) atoms. The van der Waals surface area contributed by atoms with E-state index in [1.165, 1.54) is 54.4 Å². The molecule has 3 aromatic carbocycles. The second-order valence-corrected chi connectivity index (χ2v) is 9.60. The van der Waals surface area contributed by atoms with Crippen molar-refractivity contribution in [2.24, 2.45) is 0 Å². The van der Waals surface area contributed by atoms with Crippen LogP contribution in [-0.4, -0.2) is 16.7 Å². The van der Waals surface area contributed by atoms with Gasteiger partial charge in [-0.2, -0.15) is 9.88 Å². The number of unbranched alkanes of at least 4 members (excludes halogenated alkanes) is 5. The lowest BCUT2D eigenvalue weighted by Crippen LogP contribution is -2.28. The SMILES string of the molecule is CCCCCCCCc1noc(-c2ccc(C[N+](CC)Cc3cccc(-c4ccccc4)c3)cc2)n1. The van der Waals surface area contributed by atoms with Crippen LogP contribution in [0.2, 0.25) is 0 Å². The molecule has 0 unspecified atom stereocenters. The average molecular weight is 482 g/mol. The summed E-state index contributed by atoms with van der Waals surface area (Å²) in [5.74, 6) is 1.44. The Morgan fingerprint density at radius 3 is 2.17 bits per heavy atom. The highest BCUT2D eigenvalue weighted by molar-refractivity contribution is 5.64. The van der Waals surface area contributed by atoms with Gasteiger partial charge in [-0.3, -0.25) is 0 Å². The minimum absolute atomic E-state index is 0.618. The molecule has 0 amide bonds. The molecule has 4 heteroatoms. The fourth-order valence-electron chi connectivity index (χ4n) is 4.56. The fourth-order valence-corrected chi connectivity index (χ4v) is 4.56. The van der Waals surface area contributed by atoms with E-state index in [-0.39, 0.29) is 0 Å². The molecule has 4 rings (SSSR count). The zero-order chi connectivity index (χ0) is 25.0. The third kappa shape index (κ3) is 7.63. The Balaban J connectivity index is 1.31. The van der Waals surface area contributed by atoms with Crippen molar-refractivity contribution < 1.29 is 4.52 Å². The van der Waals surface area contributed by atoms with Crippen molar-refractivity contribution >= 4 is 0 Å². The number of aromatic nitrogens is 2. The van der Waals surface area contributed by atoms with Crippen molar-refractivity contribution in [3.8, 4) is 22.6 Å². The first-order valence-electron chi connectivity index (χ1n) is 13.5. The predicted octanol–water partition coefficient (Wildman–Crippen LogP) is 8.17. The second kappa shape index (κ2) is 13.7. The molecule has 0 atom stereocenters. The molecule has 4 aromatic rings. The average Bonchev–Trinajstić information content (AvgIpc) is 3.40. The van der Waals surface area contributed by atoms with Gasteiger partial charge in [-0.05, 0) is 42.7 Å². The maximum absolute atomic E-state index is 5.54. The van der Waals surface area contributed by atoms with Gasteiger partial charge >= 0.3 is 0 Å². The summed E-state index contributed by atoms with van der Waals surface area (Å²) in [7, 11) is 0. The zero-order valence-corrected chi connectivity index (χ0v) is 21.8. The molecule has 187 valence electrons. The van der Waals surface area contributed by atoms with Gasteiger partial charge in [0.05, 0.1) is 0 Å². The zero-order valence-electron chi connectivity index (χ0n) is 21.8. The van der Waals surface area contributed by atoms with Crippen LogP contribution in [0.5, 0.6) is 0 Å². The normalized spacial score (nSPS) is 11.3. The molecule has 0 aliphatic rings. The molecule has 1 radical (unpaired) electrons. The van der Waals surface area contributed by atoms with E-state index in [4.69, 9.17) is 4.52 Å². The number of aryl methyl sites for hydroxylation is 1. The van der Waals surface area contributed by atoms with Crippen LogP contribution in [0.25, 0.3) is 22.6 Å². The van der Waals surface area contributed by atoms with Gasteiger partial charge in [0.1, 0.15) is 19.6 Å². The van der Waals surface area contributed by atoms with Crippen molar-refractivity contribution in [2.75, 3.05) is 6.54 Å². The molecule has 0 saturated carbocycles. The molecular formula is C32H39N3O+. The molecule has 1 heterocycles. The van der Waals surface area contributed by atoms with Crippen LogP contribution in [0.3, 0.4) is 0 Å². The molecule has 4 nitrogen and oxygen atoms in total. The van der Waals surface area contributed by atoms with Crippen LogP contribution < -0.4 is 4.90 Å². The summed E-state index contributed by atoms with van der Waals surface area (Å²) >= 11 is 0. The summed E-state index contributed by atoms with van der Waals surface area (Å²) in [4.78, 5) is 7.08. The van der Waals surface area contributed by atoms with E-state index in [1.54, 1.807) is 0 Å². The predicted molar refractivity (Wildman–Crippen MR) is 149 cm³/mol. The van der Waals surface area contributed by atoms with Crippen LogP contribution in [0, 0.1) is 0 Å². The maximum atomic E-state index is 5.54. The van der Waals surface area contributed by atoms with E-state index >= 15 is 0 Å². The summed E-state index contributed by atoms with van der Waals surface area (Å²) in [6, 6.07) is 28.0. The monoisotopic (exact) mass is 481 g/mol. The van der Waals surface area contributed by atoms with Gasteiger partial charge in [-0.1, -0.05) is 105 Å². The Hall–Kier alpha value is -3.24. The smallest absolute Gasteiger partial charge is 0.257 e. The third-order valence-corrected chi connectivity index (χ3v) is 6.72. The van der Waals surface area contributed by atoms with E-state index in [1.807, 2.05) is 0 Å². The van der Waals surface area contributed by atoms with E-state index < -0.39 is 0 Å². The Morgan fingerprint density at radius 2 is 1.39 bits per heavy atom. The highest BCUT2D eigenvalue weighted by Crippen LogP contribution is 2.22. The topological polar surface area (TPSA) is 44.8 Å². The Morgan fingerprint density at radius 1 is 0.667 bits per heavy atom. The molecule has 0 fully saturated rings. The third-order valence-electron chi connectivity index (χ3n) is 6.72. The maximum Gasteiger partial charge on any atom is 0.257 e. The summed E-state index contributed by atoms with van der Waals surface area (Å²) in [6.07, 6.45) is 8.51. The Labute approximate surface area is 216 Å². The van der Waals surface area contributed by atoms with Crippen molar-refractivity contribution in [1.29, 1.82) is 0 Å². The summed E-state index contributed by atoms with van der Waals surface area (Å²) < 4.78 is 5.54. The van der Waals surface area contributed by atoms with Crippen molar-refractivity contribution in [3.63, 3.8) is 0 Å². The van der Waals surface area contributed by atoms with E-state index in [0.717, 1.165) is 43.9 Å². The lowest BCUT2D eigenvalue weighted by molar-refractivity contribution is 0.414.